The predicted octanol–water partition coefficient (Wildman–Crippen LogP) is 3.01. The molecule has 2 aromatic heterocycles. The quantitative estimate of drug-likeness (QED) is 0.808. The summed E-state index contributed by atoms with van der Waals surface area (Å²) in [7, 11) is 0. The van der Waals surface area contributed by atoms with Crippen molar-refractivity contribution >= 4 is 29.7 Å². The largest absolute Gasteiger partial charge is 0.369 e. The Balaban J connectivity index is 0.00000192. The summed E-state index contributed by atoms with van der Waals surface area (Å²) in [5, 5.41) is 3.43. The molecular weight excluding hydrogens is 396 g/mol. The standard InChI is InChI=1S/C20H24N4O2S.ClH/c25-19(24-8-1-2-9-24)16-13-22-12-15(23-16)17-11-14-3-10-26-20(18(14)27-17)4-6-21-7-5-20;/h11-13,21H,1-10H2;1H. The minimum atomic E-state index is -0.141. The highest BCUT2D eigenvalue weighted by Crippen LogP contribution is 2.46. The first-order chi connectivity index (χ1) is 13.3. The van der Waals surface area contributed by atoms with Crippen molar-refractivity contribution in [3.05, 3.63) is 34.6 Å². The van der Waals surface area contributed by atoms with Gasteiger partial charge in [0.2, 0.25) is 0 Å². The molecule has 0 bridgehead atoms. The summed E-state index contributed by atoms with van der Waals surface area (Å²) in [5.74, 6) is 0.00123. The number of halogens is 1. The van der Waals surface area contributed by atoms with Gasteiger partial charge in [-0.3, -0.25) is 9.78 Å². The molecule has 0 radical (unpaired) electrons. The second-order valence-electron chi connectivity index (χ2n) is 7.60. The molecule has 0 unspecified atom stereocenters. The average molecular weight is 421 g/mol. The Kier molecular flexibility index (Phi) is 5.69. The van der Waals surface area contributed by atoms with Gasteiger partial charge in [0.25, 0.3) is 5.91 Å². The molecule has 3 aliphatic heterocycles. The second-order valence-corrected chi connectivity index (χ2v) is 8.65. The van der Waals surface area contributed by atoms with Crippen LogP contribution >= 0.6 is 23.7 Å². The van der Waals surface area contributed by atoms with E-state index >= 15 is 0 Å². The van der Waals surface area contributed by atoms with Crippen LogP contribution in [0.25, 0.3) is 10.6 Å². The van der Waals surface area contributed by atoms with Crippen LogP contribution in [0.4, 0.5) is 0 Å². The Hall–Kier alpha value is -1.54. The summed E-state index contributed by atoms with van der Waals surface area (Å²) in [6.45, 7) is 4.42. The number of carbonyl (C=O) groups excluding carboxylic acids is 1. The summed E-state index contributed by atoms with van der Waals surface area (Å²) in [6.07, 6.45) is 8.49. The van der Waals surface area contributed by atoms with E-state index in [9.17, 15) is 4.79 Å². The van der Waals surface area contributed by atoms with E-state index in [4.69, 9.17) is 4.74 Å². The summed E-state index contributed by atoms with van der Waals surface area (Å²) in [5.41, 5.74) is 2.48. The van der Waals surface area contributed by atoms with Crippen molar-refractivity contribution < 1.29 is 9.53 Å². The molecule has 5 heterocycles. The lowest BCUT2D eigenvalue weighted by molar-refractivity contribution is -0.0771. The topological polar surface area (TPSA) is 67.3 Å². The third-order valence-electron chi connectivity index (χ3n) is 5.88. The van der Waals surface area contributed by atoms with Crippen LogP contribution in [0.3, 0.4) is 0 Å². The Morgan fingerprint density at radius 1 is 1.21 bits per heavy atom. The lowest BCUT2D eigenvalue weighted by atomic mass is 9.86. The normalized spacial score (nSPS) is 20.6. The Labute approximate surface area is 175 Å². The van der Waals surface area contributed by atoms with Gasteiger partial charge in [-0.25, -0.2) is 4.98 Å². The van der Waals surface area contributed by atoms with Gasteiger partial charge in [0.15, 0.2) is 0 Å². The van der Waals surface area contributed by atoms with Crippen molar-refractivity contribution in [2.75, 3.05) is 32.8 Å². The van der Waals surface area contributed by atoms with E-state index in [-0.39, 0.29) is 23.9 Å². The first kappa shape index (κ1) is 19.8. The molecule has 5 rings (SSSR count). The number of ether oxygens (including phenoxy) is 1. The Morgan fingerprint density at radius 3 is 2.79 bits per heavy atom. The fourth-order valence-electron chi connectivity index (χ4n) is 4.42. The minimum Gasteiger partial charge on any atom is -0.369 e. The van der Waals surface area contributed by atoms with Crippen LogP contribution in [0, 0.1) is 0 Å². The van der Waals surface area contributed by atoms with Crippen molar-refractivity contribution in [3.8, 4) is 10.6 Å². The van der Waals surface area contributed by atoms with Gasteiger partial charge < -0.3 is 15.0 Å². The molecule has 0 atom stereocenters. The lowest BCUT2D eigenvalue weighted by Crippen LogP contribution is -2.43. The number of amides is 1. The first-order valence-electron chi connectivity index (χ1n) is 9.85. The number of piperidine rings is 1. The Morgan fingerprint density at radius 2 is 2.00 bits per heavy atom. The average Bonchev–Trinajstić information content (AvgIpc) is 3.39. The number of fused-ring (bicyclic) bond motifs is 2. The van der Waals surface area contributed by atoms with E-state index in [0.29, 0.717) is 5.69 Å². The summed E-state index contributed by atoms with van der Waals surface area (Å²) in [4.78, 5) is 26.0. The molecule has 1 spiro atoms. The van der Waals surface area contributed by atoms with E-state index in [1.165, 1.54) is 10.4 Å². The number of hydrogen-bond donors (Lipinski definition) is 1. The van der Waals surface area contributed by atoms with Gasteiger partial charge in [0.05, 0.1) is 29.6 Å². The number of likely N-dealkylation sites (tertiary alicyclic amines) is 1. The molecule has 2 fully saturated rings. The fraction of sp³-hybridized carbons (Fsp3) is 0.550. The summed E-state index contributed by atoms with van der Waals surface area (Å²) >= 11 is 1.77. The van der Waals surface area contributed by atoms with Crippen LogP contribution in [-0.2, 0) is 16.8 Å². The zero-order valence-corrected chi connectivity index (χ0v) is 17.4. The number of carbonyl (C=O) groups is 1. The molecule has 2 aromatic rings. The van der Waals surface area contributed by atoms with Crippen LogP contribution in [0.2, 0.25) is 0 Å². The molecule has 150 valence electrons. The number of aromatic nitrogens is 2. The molecule has 8 heteroatoms. The molecule has 6 nitrogen and oxygen atoms in total. The van der Waals surface area contributed by atoms with Gasteiger partial charge in [-0.2, -0.15) is 0 Å². The monoisotopic (exact) mass is 420 g/mol. The van der Waals surface area contributed by atoms with Gasteiger partial charge in [0, 0.05) is 18.0 Å². The third-order valence-corrected chi connectivity index (χ3v) is 7.27. The Bertz CT molecular complexity index is 860. The zero-order valence-electron chi connectivity index (χ0n) is 15.8. The second kappa shape index (κ2) is 8.06. The third kappa shape index (κ3) is 3.45. The molecular formula is C20H25ClN4O2S. The SMILES string of the molecule is Cl.O=C(c1cncc(-c2cc3c(s2)C2(CCNCC2)OCC3)n1)N1CCCC1. The molecule has 0 aliphatic carbocycles. The molecule has 28 heavy (non-hydrogen) atoms. The van der Waals surface area contributed by atoms with Crippen LogP contribution in [0.5, 0.6) is 0 Å². The van der Waals surface area contributed by atoms with Gasteiger partial charge >= 0.3 is 0 Å². The van der Waals surface area contributed by atoms with Crippen LogP contribution in [0.15, 0.2) is 18.5 Å². The van der Waals surface area contributed by atoms with Crippen molar-refractivity contribution in [2.24, 2.45) is 0 Å². The molecule has 1 N–H and O–H groups in total. The zero-order chi connectivity index (χ0) is 18.3. The van der Waals surface area contributed by atoms with E-state index in [1.807, 2.05) is 4.90 Å². The van der Waals surface area contributed by atoms with E-state index in [0.717, 1.165) is 75.5 Å². The molecule has 3 aliphatic rings. The number of hydrogen-bond acceptors (Lipinski definition) is 6. The molecule has 1 amide bonds. The van der Waals surface area contributed by atoms with Crippen molar-refractivity contribution in [1.82, 2.24) is 20.2 Å². The maximum Gasteiger partial charge on any atom is 0.274 e. The van der Waals surface area contributed by atoms with Gasteiger partial charge in [-0.05, 0) is 56.8 Å². The fourth-order valence-corrected chi connectivity index (χ4v) is 5.79. The smallest absolute Gasteiger partial charge is 0.274 e. The van der Waals surface area contributed by atoms with E-state index < -0.39 is 0 Å². The number of thiophene rings is 1. The van der Waals surface area contributed by atoms with Crippen molar-refractivity contribution in [1.29, 1.82) is 0 Å². The van der Waals surface area contributed by atoms with Crippen LogP contribution < -0.4 is 5.32 Å². The number of nitrogens with one attached hydrogen (secondary N) is 1. The molecule has 2 saturated heterocycles. The predicted molar refractivity (Wildman–Crippen MR) is 111 cm³/mol. The van der Waals surface area contributed by atoms with Gasteiger partial charge in [-0.1, -0.05) is 0 Å². The molecule has 0 aromatic carbocycles. The summed E-state index contributed by atoms with van der Waals surface area (Å²) < 4.78 is 6.29. The first-order valence-corrected chi connectivity index (χ1v) is 10.7. The maximum atomic E-state index is 12.7. The molecule has 0 saturated carbocycles. The van der Waals surface area contributed by atoms with Crippen LogP contribution in [0.1, 0.15) is 46.6 Å². The highest BCUT2D eigenvalue weighted by Gasteiger charge is 2.40. The van der Waals surface area contributed by atoms with Crippen molar-refractivity contribution in [2.45, 2.75) is 37.7 Å². The lowest BCUT2D eigenvalue weighted by Gasteiger charge is -2.40. The van der Waals surface area contributed by atoms with E-state index in [1.54, 1.807) is 23.7 Å². The highest BCUT2D eigenvalue weighted by atomic mass is 35.5. The number of rotatable bonds is 2. The highest BCUT2D eigenvalue weighted by molar-refractivity contribution is 7.15. The van der Waals surface area contributed by atoms with Crippen molar-refractivity contribution in [3.63, 3.8) is 0 Å². The number of nitrogens with zero attached hydrogens (tertiary/aromatic N) is 3. The minimum absolute atomic E-state index is 0. The van der Waals surface area contributed by atoms with Gasteiger partial charge in [-0.15, -0.1) is 23.7 Å². The van der Waals surface area contributed by atoms with Gasteiger partial charge in [0.1, 0.15) is 11.3 Å². The maximum absolute atomic E-state index is 12.7. The van der Waals surface area contributed by atoms with Crippen LogP contribution in [-0.4, -0.2) is 53.6 Å². The summed E-state index contributed by atoms with van der Waals surface area (Å²) in [6, 6.07) is 2.24. The van der Waals surface area contributed by atoms with E-state index in [2.05, 4.69) is 21.4 Å².